The molecule has 0 radical (unpaired) electrons. The molecule has 21 heavy (non-hydrogen) atoms. The molecule has 2 rings (SSSR count). The number of anilines is 1. The molecule has 0 fully saturated rings. The van der Waals surface area contributed by atoms with Crippen molar-refractivity contribution in [2.45, 2.75) is 31.2 Å². The third-order valence-corrected chi connectivity index (χ3v) is 5.59. The molecule has 0 bridgehead atoms. The maximum absolute atomic E-state index is 12.4. The van der Waals surface area contributed by atoms with E-state index in [1.165, 1.54) is 16.9 Å². The molecule has 0 saturated carbocycles. The smallest absolute Gasteiger partial charge is 0.263 e. The Kier molecular flexibility index (Phi) is 5.39. The quantitative estimate of drug-likeness (QED) is 0.822. The summed E-state index contributed by atoms with van der Waals surface area (Å²) in [7, 11) is -1.73. The summed E-state index contributed by atoms with van der Waals surface area (Å²) >= 11 is 1.44. The molecule has 4 nitrogen and oxygen atoms in total. The second-order valence-electron chi connectivity index (χ2n) is 4.79. The first-order chi connectivity index (χ1) is 10.1. The van der Waals surface area contributed by atoms with Crippen molar-refractivity contribution >= 4 is 27.0 Å². The number of rotatable bonds is 7. The third kappa shape index (κ3) is 4.06. The van der Waals surface area contributed by atoms with E-state index in [1.807, 2.05) is 24.3 Å². The summed E-state index contributed by atoms with van der Waals surface area (Å²) in [6.07, 6.45) is 2.08. The summed E-state index contributed by atoms with van der Waals surface area (Å²) < 4.78 is 27.5. The van der Waals surface area contributed by atoms with Gasteiger partial charge in [0.2, 0.25) is 0 Å². The van der Waals surface area contributed by atoms with Crippen LogP contribution in [0.2, 0.25) is 0 Å². The Balaban J connectivity index is 2.18. The monoisotopic (exact) mass is 324 g/mol. The molecule has 1 heterocycles. The number of hydrogen-bond acceptors (Lipinski definition) is 4. The highest BCUT2D eigenvalue weighted by Crippen LogP contribution is 2.24. The van der Waals surface area contributed by atoms with Crippen molar-refractivity contribution in [3.63, 3.8) is 0 Å². The van der Waals surface area contributed by atoms with Crippen LogP contribution in [0.5, 0.6) is 0 Å². The first kappa shape index (κ1) is 16.0. The molecule has 114 valence electrons. The maximum Gasteiger partial charge on any atom is 0.263 e. The molecule has 0 spiro atoms. The summed E-state index contributed by atoms with van der Waals surface area (Å²) in [6.45, 7) is 2.67. The number of hydrogen-bond donors (Lipinski definition) is 2. The molecule has 1 aromatic heterocycles. The highest BCUT2D eigenvalue weighted by molar-refractivity contribution is 7.93. The minimum Gasteiger partial charge on any atom is -0.315 e. The Morgan fingerprint density at radius 1 is 1.14 bits per heavy atom. The summed E-state index contributed by atoms with van der Waals surface area (Å²) in [5, 5.41) is 4.78. The summed E-state index contributed by atoms with van der Waals surface area (Å²) in [5.74, 6) is 0. The Bertz CT molecular complexity index is 676. The van der Waals surface area contributed by atoms with Gasteiger partial charge in [0.1, 0.15) is 4.90 Å². The first-order valence-electron chi connectivity index (χ1n) is 6.89. The number of nitrogens with one attached hydrogen (secondary N) is 2. The topological polar surface area (TPSA) is 58.2 Å². The molecular weight excluding hydrogens is 304 g/mol. The lowest BCUT2D eigenvalue weighted by Gasteiger charge is -2.09. The van der Waals surface area contributed by atoms with Gasteiger partial charge in [-0.3, -0.25) is 4.72 Å². The molecule has 0 aliphatic carbocycles. The van der Waals surface area contributed by atoms with E-state index in [2.05, 4.69) is 17.0 Å². The van der Waals surface area contributed by atoms with Crippen molar-refractivity contribution in [3.05, 3.63) is 46.2 Å². The molecule has 0 unspecified atom stereocenters. The van der Waals surface area contributed by atoms with E-state index in [4.69, 9.17) is 0 Å². The van der Waals surface area contributed by atoms with Crippen LogP contribution in [0.1, 0.15) is 23.8 Å². The zero-order valence-corrected chi connectivity index (χ0v) is 13.9. The molecule has 0 aliphatic rings. The van der Waals surface area contributed by atoms with Gasteiger partial charge >= 0.3 is 0 Å². The number of thiophene rings is 1. The van der Waals surface area contributed by atoms with Gasteiger partial charge in [-0.25, -0.2) is 8.42 Å². The summed E-state index contributed by atoms with van der Waals surface area (Å²) in [6, 6.07) is 9.19. The SMILES string of the molecule is CCCc1ccc(NS(=O)(=O)c2ccsc2CNC)cc1. The van der Waals surface area contributed by atoms with Crippen LogP contribution >= 0.6 is 11.3 Å². The molecule has 0 saturated heterocycles. The minimum atomic E-state index is -3.53. The largest absolute Gasteiger partial charge is 0.315 e. The van der Waals surface area contributed by atoms with Crippen LogP contribution < -0.4 is 10.0 Å². The molecular formula is C15H20N2O2S2. The normalized spacial score (nSPS) is 11.5. The zero-order valence-electron chi connectivity index (χ0n) is 12.2. The number of benzene rings is 1. The Labute approximate surface area is 130 Å². The highest BCUT2D eigenvalue weighted by atomic mass is 32.2. The third-order valence-electron chi connectivity index (χ3n) is 3.08. The predicted octanol–water partition coefficient (Wildman–Crippen LogP) is 3.22. The fourth-order valence-electron chi connectivity index (χ4n) is 2.10. The molecule has 0 atom stereocenters. The average Bonchev–Trinajstić information content (AvgIpc) is 2.91. The molecule has 0 aliphatic heterocycles. The predicted molar refractivity (Wildman–Crippen MR) is 88.3 cm³/mol. The lowest BCUT2D eigenvalue weighted by atomic mass is 10.1. The van der Waals surface area contributed by atoms with E-state index in [1.54, 1.807) is 18.5 Å². The number of aryl methyl sites for hydroxylation is 1. The molecule has 2 N–H and O–H groups in total. The van der Waals surface area contributed by atoms with Gasteiger partial charge < -0.3 is 5.32 Å². The zero-order chi connectivity index (χ0) is 15.3. The summed E-state index contributed by atoms with van der Waals surface area (Å²) in [5.41, 5.74) is 1.81. The lowest BCUT2D eigenvalue weighted by Crippen LogP contribution is -2.15. The highest BCUT2D eigenvalue weighted by Gasteiger charge is 2.19. The van der Waals surface area contributed by atoms with Gasteiger partial charge in [-0.05, 0) is 42.6 Å². The molecule has 6 heteroatoms. The van der Waals surface area contributed by atoms with Gasteiger partial charge in [-0.15, -0.1) is 11.3 Å². The van der Waals surface area contributed by atoms with E-state index in [9.17, 15) is 8.42 Å². The van der Waals surface area contributed by atoms with Crippen LogP contribution in [-0.4, -0.2) is 15.5 Å². The van der Waals surface area contributed by atoms with Gasteiger partial charge in [-0.2, -0.15) is 0 Å². The fourth-order valence-corrected chi connectivity index (χ4v) is 4.61. The van der Waals surface area contributed by atoms with Crippen molar-refractivity contribution in [2.24, 2.45) is 0 Å². The Morgan fingerprint density at radius 2 is 1.86 bits per heavy atom. The van der Waals surface area contributed by atoms with Crippen LogP contribution in [-0.2, 0) is 23.0 Å². The minimum absolute atomic E-state index is 0.347. The van der Waals surface area contributed by atoms with E-state index in [0.717, 1.165) is 17.7 Å². The van der Waals surface area contributed by atoms with Crippen LogP contribution in [0.4, 0.5) is 5.69 Å². The van der Waals surface area contributed by atoms with E-state index in [0.29, 0.717) is 17.1 Å². The van der Waals surface area contributed by atoms with Crippen molar-refractivity contribution in [1.82, 2.24) is 5.32 Å². The van der Waals surface area contributed by atoms with E-state index >= 15 is 0 Å². The summed E-state index contributed by atoms with van der Waals surface area (Å²) in [4.78, 5) is 1.16. The Hall–Kier alpha value is -1.37. The lowest BCUT2D eigenvalue weighted by molar-refractivity contribution is 0.600. The number of sulfonamides is 1. The fraction of sp³-hybridized carbons (Fsp3) is 0.333. The second-order valence-corrected chi connectivity index (χ2v) is 7.44. The standard InChI is InChI=1S/C15H20N2O2S2/c1-3-4-12-5-7-13(8-6-12)17-21(18,19)15-9-10-20-14(15)11-16-2/h5-10,16-17H,3-4,11H2,1-2H3. The van der Waals surface area contributed by atoms with E-state index in [-0.39, 0.29) is 0 Å². The Morgan fingerprint density at radius 3 is 2.48 bits per heavy atom. The van der Waals surface area contributed by atoms with Crippen LogP contribution in [0.15, 0.2) is 40.6 Å². The van der Waals surface area contributed by atoms with Gasteiger partial charge in [-0.1, -0.05) is 25.5 Å². The van der Waals surface area contributed by atoms with Crippen LogP contribution in [0.25, 0.3) is 0 Å². The van der Waals surface area contributed by atoms with E-state index < -0.39 is 10.0 Å². The molecule has 2 aromatic rings. The van der Waals surface area contributed by atoms with Gasteiger partial charge in [0.25, 0.3) is 10.0 Å². The van der Waals surface area contributed by atoms with Crippen molar-refractivity contribution < 1.29 is 8.42 Å². The van der Waals surface area contributed by atoms with Crippen molar-refractivity contribution in [1.29, 1.82) is 0 Å². The van der Waals surface area contributed by atoms with Crippen LogP contribution in [0.3, 0.4) is 0 Å². The molecule has 1 aromatic carbocycles. The van der Waals surface area contributed by atoms with Gasteiger partial charge in [0.05, 0.1) is 0 Å². The first-order valence-corrected chi connectivity index (χ1v) is 9.26. The van der Waals surface area contributed by atoms with Crippen LogP contribution in [0, 0.1) is 0 Å². The van der Waals surface area contributed by atoms with Gasteiger partial charge in [0.15, 0.2) is 0 Å². The molecule has 0 amide bonds. The van der Waals surface area contributed by atoms with Crippen molar-refractivity contribution in [2.75, 3.05) is 11.8 Å². The van der Waals surface area contributed by atoms with Crippen molar-refractivity contribution in [3.8, 4) is 0 Å². The average molecular weight is 324 g/mol. The second kappa shape index (κ2) is 7.06. The van der Waals surface area contributed by atoms with Gasteiger partial charge in [0, 0.05) is 17.1 Å². The maximum atomic E-state index is 12.4.